The van der Waals surface area contributed by atoms with Crippen LogP contribution in [0.4, 0.5) is 14.6 Å². The predicted molar refractivity (Wildman–Crippen MR) is 90.9 cm³/mol. The van der Waals surface area contributed by atoms with Crippen molar-refractivity contribution < 1.29 is 23.1 Å². The first-order valence-electron chi connectivity index (χ1n) is 7.98. The van der Waals surface area contributed by atoms with Crippen LogP contribution in [0.15, 0.2) is 17.1 Å². The molecule has 7 nitrogen and oxygen atoms in total. The van der Waals surface area contributed by atoms with Crippen molar-refractivity contribution >= 4 is 14.1 Å². The Morgan fingerprint density at radius 1 is 1.48 bits per heavy atom. The van der Waals surface area contributed by atoms with Gasteiger partial charge in [-0.15, -0.1) is 0 Å². The lowest BCUT2D eigenvalue weighted by Gasteiger charge is -2.40. The molecular formula is C15H25F2N3O4Si. The highest BCUT2D eigenvalue weighted by atomic mass is 28.4. The van der Waals surface area contributed by atoms with Crippen molar-refractivity contribution in [2.24, 2.45) is 0 Å². The van der Waals surface area contributed by atoms with E-state index in [0.717, 1.165) is 6.20 Å². The van der Waals surface area contributed by atoms with Crippen LogP contribution in [0.1, 0.15) is 27.0 Å². The Kier molecular flexibility index (Phi) is 5.12. The van der Waals surface area contributed by atoms with Gasteiger partial charge in [0.15, 0.2) is 8.32 Å². The molecule has 1 fully saturated rings. The Morgan fingerprint density at radius 2 is 2.08 bits per heavy atom. The fourth-order valence-electron chi connectivity index (χ4n) is 2.36. The summed E-state index contributed by atoms with van der Waals surface area (Å²) in [4.78, 5) is 15.4. The lowest BCUT2D eigenvalue weighted by Crippen LogP contribution is -2.52. The number of alkyl halides is 2. The summed E-state index contributed by atoms with van der Waals surface area (Å²) in [6.07, 6.45) is -3.72. The summed E-state index contributed by atoms with van der Waals surface area (Å²) < 4.78 is 41.9. The number of halogens is 2. The number of ether oxygens (including phenoxy) is 1. The first-order valence-corrected chi connectivity index (χ1v) is 10.9. The molecule has 1 saturated heterocycles. The predicted octanol–water partition coefficient (Wildman–Crippen LogP) is 1.74. The van der Waals surface area contributed by atoms with Gasteiger partial charge in [-0.3, -0.25) is 4.57 Å². The van der Waals surface area contributed by atoms with Crippen LogP contribution in [0.5, 0.6) is 0 Å². The lowest BCUT2D eigenvalue weighted by molar-refractivity contribution is -0.138. The first kappa shape index (κ1) is 20.0. The molecule has 142 valence electrons. The number of aliphatic hydroxyl groups is 1. The van der Waals surface area contributed by atoms with E-state index in [4.69, 9.17) is 14.9 Å². The van der Waals surface area contributed by atoms with E-state index in [1.54, 1.807) is 0 Å². The normalized spacial score (nSPS) is 26.8. The quantitative estimate of drug-likeness (QED) is 0.776. The van der Waals surface area contributed by atoms with Gasteiger partial charge in [0.05, 0.1) is 6.61 Å². The van der Waals surface area contributed by atoms with Crippen LogP contribution in [0.3, 0.4) is 0 Å². The average Bonchev–Trinajstić information content (AvgIpc) is 2.69. The summed E-state index contributed by atoms with van der Waals surface area (Å²) in [7, 11) is -2.56. The summed E-state index contributed by atoms with van der Waals surface area (Å²) in [6.45, 7) is 8.79. The molecule has 0 bridgehead atoms. The van der Waals surface area contributed by atoms with Crippen LogP contribution in [0.25, 0.3) is 0 Å². The van der Waals surface area contributed by atoms with E-state index in [0.29, 0.717) is 4.57 Å². The van der Waals surface area contributed by atoms with Crippen molar-refractivity contribution in [3.63, 3.8) is 0 Å². The molecule has 0 unspecified atom stereocenters. The zero-order valence-electron chi connectivity index (χ0n) is 15.0. The third-order valence-electron chi connectivity index (χ3n) is 4.86. The van der Waals surface area contributed by atoms with Gasteiger partial charge in [-0.25, -0.2) is 4.79 Å². The number of nitrogens with zero attached hydrogens (tertiary/aromatic N) is 2. The van der Waals surface area contributed by atoms with E-state index < -0.39 is 45.0 Å². The number of hydrogen-bond acceptors (Lipinski definition) is 6. The van der Waals surface area contributed by atoms with Crippen molar-refractivity contribution in [3.05, 3.63) is 22.7 Å². The molecule has 0 saturated carbocycles. The van der Waals surface area contributed by atoms with Gasteiger partial charge in [0.25, 0.3) is 0 Å². The molecule has 0 spiro atoms. The molecule has 3 atom stereocenters. The molecule has 0 aliphatic carbocycles. The molecule has 25 heavy (non-hydrogen) atoms. The highest BCUT2D eigenvalue weighted by Crippen LogP contribution is 2.47. The molecule has 0 radical (unpaired) electrons. The molecule has 1 aromatic rings. The summed E-state index contributed by atoms with van der Waals surface area (Å²) >= 11 is 0. The molecule has 1 aliphatic heterocycles. The van der Waals surface area contributed by atoms with Gasteiger partial charge in [0.1, 0.15) is 18.0 Å². The van der Waals surface area contributed by atoms with Gasteiger partial charge in [0, 0.05) is 6.20 Å². The van der Waals surface area contributed by atoms with Crippen molar-refractivity contribution in [2.75, 3.05) is 12.3 Å². The summed E-state index contributed by atoms with van der Waals surface area (Å²) in [5.41, 5.74) is 4.44. The molecule has 0 amide bonds. The maximum atomic E-state index is 15.0. The van der Waals surface area contributed by atoms with Gasteiger partial charge in [-0.05, 0) is 24.2 Å². The largest absolute Gasteiger partial charge is 0.405 e. The topological polar surface area (TPSA) is 99.6 Å². The Bertz CT molecular complexity index is 690. The zero-order valence-corrected chi connectivity index (χ0v) is 16.0. The van der Waals surface area contributed by atoms with Crippen LogP contribution in [0.2, 0.25) is 18.1 Å². The monoisotopic (exact) mass is 377 g/mol. The van der Waals surface area contributed by atoms with Crippen LogP contribution in [-0.2, 0) is 9.16 Å². The summed E-state index contributed by atoms with van der Waals surface area (Å²) in [5.74, 6) is -3.60. The number of anilines is 1. The third-order valence-corrected chi connectivity index (χ3v) is 9.32. The second-order valence-corrected chi connectivity index (χ2v) is 12.5. The molecule has 2 rings (SSSR count). The number of aromatic nitrogens is 2. The Hall–Kier alpha value is -1.36. The number of nitrogen functional groups attached to an aromatic ring is 1. The molecule has 3 N–H and O–H groups in total. The molecule has 1 aromatic heterocycles. The van der Waals surface area contributed by atoms with Crippen LogP contribution in [0, 0.1) is 0 Å². The average molecular weight is 377 g/mol. The molecule has 0 aromatic carbocycles. The highest BCUT2D eigenvalue weighted by molar-refractivity contribution is 6.74. The minimum atomic E-state index is -3.52. The Balaban J connectivity index is 2.41. The van der Waals surface area contributed by atoms with Gasteiger partial charge >= 0.3 is 11.6 Å². The van der Waals surface area contributed by atoms with Crippen LogP contribution >= 0.6 is 0 Å². The second kappa shape index (κ2) is 6.42. The van der Waals surface area contributed by atoms with E-state index >= 15 is 8.78 Å². The zero-order chi connectivity index (χ0) is 19.2. The second-order valence-electron chi connectivity index (χ2n) is 7.73. The van der Waals surface area contributed by atoms with E-state index in [9.17, 15) is 9.90 Å². The minimum Gasteiger partial charge on any atom is -0.405 e. The highest BCUT2D eigenvalue weighted by Gasteiger charge is 2.62. The molecule has 1 aliphatic rings. The van der Waals surface area contributed by atoms with Gasteiger partial charge in [-0.2, -0.15) is 13.8 Å². The van der Waals surface area contributed by atoms with E-state index in [1.165, 1.54) is 6.07 Å². The van der Waals surface area contributed by atoms with Gasteiger partial charge in [-0.1, -0.05) is 20.8 Å². The van der Waals surface area contributed by atoms with Crippen LogP contribution in [-0.4, -0.2) is 47.7 Å². The van der Waals surface area contributed by atoms with E-state index in [2.05, 4.69) is 4.98 Å². The number of hydrogen-bond donors (Lipinski definition) is 2. The minimum absolute atomic E-state index is 0.0738. The number of aliphatic hydroxyl groups excluding tert-OH is 1. The van der Waals surface area contributed by atoms with E-state index in [1.807, 2.05) is 33.9 Å². The fourth-order valence-corrected chi connectivity index (χ4v) is 3.66. The molecule has 2 heterocycles. The summed E-state index contributed by atoms with van der Waals surface area (Å²) in [5, 5.41) is 9.20. The smallest absolute Gasteiger partial charge is 0.351 e. The third kappa shape index (κ3) is 3.62. The lowest BCUT2D eigenvalue weighted by atomic mass is 10.1. The van der Waals surface area contributed by atoms with Gasteiger partial charge in [0.2, 0.25) is 6.23 Å². The van der Waals surface area contributed by atoms with Crippen LogP contribution < -0.4 is 11.4 Å². The van der Waals surface area contributed by atoms with Gasteiger partial charge < -0.3 is 20.0 Å². The standard InChI is InChI=1S/C15H25F2N3O4Si/c1-14(2,3)25(4,5)24-11-9(8-21)23-12(15(11,16)17)20-7-6-10(18)19-13(20)22/h6-7,9,11-12,21H,8H2,1-5H3,(H2,18,19,22)/t9-,11+,12-/m1/s1. The number of rotatable bonds is 4. The van der Waals surface area contributed by atoms with Crippen molar-refractivity contribution in [3.8, 4) is 0 Å². The Labute approximate surface area is 145 Å². The van der Waals surface area contributed by atoms with E-state index in [-0.39, 0.29) is 10.9 Å². The Morgan fingerprint density at radius 3 is 2.56 bits per heavy atom. The van der Waals surface area contributed by atoms with Crippen molar-refractivity contribution in [2.45, 2.75) is 63.3 Å². The molecule has 10 heteroatoms. The number of nitrogens with two attached hydrogens (primary N) is 1. The van der Waals surface area contributed by atoms with Crippen molar-refractivity contribution in [1.82, 2.24) is 9.55 Å². The SMILES string of the molecule is CC(C)(C)[Si](C)(C)O[C@H]1[C@@H](CO)O[C@@H](n2ccc(N)nc2=O)C1(F)F. The first-order chi connectivity index (χ1) is 11.3. The van der Waals surface area contributed by atoms with Crippen molar-refractivity contribution in [1.29, 1.82) is 0 Å². The molecular weight excluding hydrogens is 352 g/mol. The maximum Gasteiger partial charge on any atom is 0.351 e. The fraction of sp³-hybridized carbons (Fsp3) is 0.733. The maximum absolute atomic E-state index is 15.0. The summed E-state index contributed by atoms with van der Waals surface area (Å²) in [6, 6.07) is 1.23.